The average molecular weight is 334 g/mol. The number of hydrogen-bond donors (Lipinski definition) is 2. The molecule has 0 saturated heterocycles. The van der Waals surface area contributed by atoms with E-state index in [1.807, 2.05) is 19.1 Å². The Kier molecular flexibility index (Phi) is 7.91. The minimum Gasteiger partial charge on any atom is -0.325 e. The number of nitrogens with one attached hydrogen (secondary N) is 2. The molecule has 0 fully saturated rings. The zero-order valence-corrected chi connectivity index (χ0v) is 16.4. The van der Waals surface area contributed by atoms with Gasteiger partial charge >= 0.3 is 0 Å². The Labute approximate surface area is 148 Å². The molecule has 0 aromatic heterocycles. The number of rotatable bonds is 9. The van der Waals surface area contributed by atoms with Crippen molar-refractivity contribution >= 4 is 11.6 Å². The second-order valence-electron chi connectivity index (χ2n) is 7.93. The lowest BCUT2D eigenvalue weighted by Crippen LogP contribution is -2.45. The Hall–Kier alpha value is -1.39. The highest BCUT2D eigenvalue weighted by Crippen LogP contribution is 2.20. The molecule has 0 bridgehead atoms. The lowest BCUT2D eigenvalue weighted by atomic mass is 9.92. The number of carbonyl (C=O) groups is 1. The summed E-state index contributed by atoms with van der Waals surface area (Å²) in [4.78, 5) is 14.5. The van der Waals surface area contributed by atoms with Crippen molar-refractivity contribution in [3.05, 3.63) is 29.8 Å². The first-order chi connectivity index (χ1) is 11.1. The molecule has 2 atom stereocenters. The van der Waals surface area contributed by atoms with Crippen LogP contribution < -0.4 is 10.6 Å². The van der Waals surface area contributed by atoms with Crippen LogP contribution in [0, 0.1) is 5.41 Å². The van der Waals surface area contributed by atoms with E-state index in [4.69, 9.17) is 0 Å². The molecule has 1 rings (SSSR count). The van der Waals surface area contributed by atoms with Crippen molar-refractivity contribution < 1.29 is 4.79 Å². The van der Waals surface area contributed by atoms with Crippen LogP contribution >= 0.6 is 0 Å². The summed E-state index contributed by atoms with van der Waals surface area (Å²) in [7, 11) is 4.14. The lowest BCUT2D eigenvalue weighted by Gasteiger charge is -2.29. The Morgan fingerprint density at radius 1 is 1.17 bits per heavy atom. The fraction of sp³-hybridized carbons (Fsp3) is 0.650. The van der Waals surface area contributed by atoms with Crippen LogP contribution in [0.3, 0.4) is 0 Å². The van der Waals surface area contributed by atoms with E-state index >= 15 is 0 Å². The smallest absolute Gasteiger partial charge is 0.241 e. The van der Waals surface area contributed by atoms with Crippen molar-refractivity contribution in [3.8, 4) is 0 Å². The Morgan fingerprint density at radius 3 is 2.25 bits per heavy atom. The zero-order chi connectivity index (χ0) is 18.3. The van der Waals surface area contributed by atoms with Crippen LogP contribution in [0.1, 0.15) is 52.5 Å². The molecule has 0 aliphatic rings. The topological polar surface area (TPSA) is 44.4 Å². The van der Waals surface area contributed by atoms with E-state index in [2.05, 4.69) is 69.5 Å². The third kappa shape index (κ3) is 7.02. The van der Waals surface area contributed by atoms with Gasteiger partial charge in [0.2, 0.25) is 5.91 Å². The Bertz CT molecular complexity index is 508. The van der Waals surface area contributed by atoms with Gasteiger partial charge in [-0.05, 0) is 56.5 Å². The van der Waals surface area contributed by atoms with Gasteiger partial charge in [-0.25, -0.2) is 0 Å². The third-order valence-electron chi connectivity index (χ3n) is 4.38. The van der Waals surface area contributed by atoms with Crippen LogP contribution in [0.5, 0.6) is 0 Å². The maximum Gasteiger partial charge on any atom is 0.241 e. The van der Waals surface area contributed by atoms with Crippen LogP contribution in [-0.4, -0.2) is 44.0 Å². The van der Waals surface area contributed by atoms with Gasteiger partial charge in [0, 0.05) is 18.8 Å². The third-order valence-corrected chi connectivity index (χ3v) is 4.38. The van der Waals surface area contributed by atoms with Crippen molar-refractivity contribution in [3.63, 3.8) is 0 Å². The van der Waals surface area contributed by atoms with Crippen LogP contribution in [0.2, 0.25) is 0 Å². The minimum atomic E-state index is -0.222. The van der Waals surface area contributed by atoms with Gasteiger partial charge in [-0.3, -0.25) is 4.79 Å². The summed E-state index contributed by atoms with van der Waals surface area (Å²) in [5.74, 6) is 0.557. The highest BCUT2D eigenvalue weighted by atomic mass is 16.2. The van der Waals surface area contributed by atoms with E-state index in [1.165, 1.54) is 5.56 Å². The van der Waals surface area contributed by atoms with Gasteiger partial charge in [-0.1, -0.05) is 39.8 Å². The molecule has 136 valence electrons. The Balaban J connectivity index is 2.52. The van der Waals surface area contributed by atoms with Gasteiger partial charge in [-0.15, -0.1) is 0 Å². The monoisotopic (exact) mass is 333 g/mol. The molecule has 0 unspecified atom stereocenters. The summed E-state index contributed by atoms with van der Waals surface area (Å²) >= 11 is 0. The molecule has 1 aromatic carbocycles. The minimum absolute atomic E-state index is 0.00643. The normalized spacial score (nSPS) is 14.5. The lowest BCUT2D eigenvalue weighted by molar-refractivity contribution is -0.117. The first kappa shape index (κ1) is 20.7. The molecule has 0 aliphatic carbocycles. The highest BCUT2D eigenvalue weighted by molar-refractivity contribution is 5.94. The maximum absolute atomic E-state index is 12.3. The largest absolute Gasteiger partial charge is 0.325 e. The summed E-state index contributed by atoms with van der Waals surface area (Å²) in [5, 5.41) is 6.34. The average Bonchev–Trinajstić information content (AvgIpc) is 2.51. The fourth-order valence-electron chi connectivity index (χ4n) is 2.82. The van der Waals surface area contributed by atoms with Crippen LogP contribution in [-0.2, 0) is 4.79 Å². The van der Waals surface area contributed by atoms with E-state index in [0.717, 1.165) is 25.2 Å². The molecular formula is C20H35N3O. The Morgan fingerprint density at radius 2 is 1.75 bits per heavy atom. The molecule has 0 radical (unpaired) electrons. The van der Waals surface area contributed by atoms with E-state index < -0.39 is 0 Å². The van der Waals surface area contributed by atoms with Gasteiger partial charge < -0.3 is 15.5 Å². The van der Waals surface area contributed by atoms with Crippen LogP contribution in [0.4, 0.5) is 5.69 Å². The summed E-state index contributed by atoms with van der Waals surface area (Å²) in [5.41, 5.74) is 2.29. The number of nitrogens with zero attached hydrogens (tertiary/aromatic N) is 1. The van der Waals surface area contributed by atoms with E-state index in [0.29, 0.717) is 5.92 Å². The second kappa shape index (κ2) is 9.19. The summed E-state index contributed by atoms with van der Waals surface area (Å²) < 4.78 is 0. The molecule has 0 heterocycles. The molecule has 0 spiro atoms. The highest BCUT2D eigenvalue weighted by Gasteiger charge is 2.21. The first-order valence-electron chi connectivity index (χ1n) is 8.93. The van der Waals surface area contributed by atoms with Crippen molar-refractivity contribution in [1.29, 1.82) is 0 Å². The molecule has 2 N–H and O–H groups in total. The molecule has 4 heteroatoms. The molecule has 4 nitrogen and oxygen atoms in total. The van der Waals surface area contributed by atoms with Crippen molar-refractivity contribution in [2.24, 2.45) is 5.41 Å². The molecular weight excluding hydrogens is 298 g/mol. The standard InChI is InChI=1S/C20H35N3O/c1-8-15(2)17-9-11-18(12-10-17)22-19(24)16(3)21-13-20(4,5)14-23(6)7/h9-12,15-16,21H,8,13-14H2,1-7H3,(H,22,24)/t15-,16+/m1/s1. The van der Waals surface area contributed by atoms with Crippen molar-refractivity contribution in [2.45, 2.75) is 53.0 Å². The summed E-state index contributed by atoms with van der Waals surface area (Å²) in [6.07, 6.45) is 1.12. The molecule has 1 amide bonds. The van der Waals surface area contributed by atoms with Crippen molar-refractivity contribution in [1.82, 2.24) is 10.2 Å². The summed E-state index contributed by atoms with van der Waals surface area (Å²) in [6.45, 7) is 12.5. The summed E-state index contributed by atoms with van der Waals surface area (Å²) in [6, 6.07) is 7.95. The van der Waals surface area contributed by atoms with Crippen LogP contribution in [0.25, 0.3) is 0 Å². The van der Waals surface area contributed by atoms with Gasteiger partial charge in [0.1, 0.15) is 0 Å². The second-order valence-corrected chi connectivity index (χ2v) is 7.93. The predicted octanol–water partition coefficient (Wildman–Crippen LogP) is 3.70. The predicted molar refractivity (Wildman–Crippen MR) is 104 cm³/mol. The van der Waals surface area contributed by atoms with Gasteiger partial charge in [0.25, 0.3) is 0 Å². The van der Waals surface area contributed by atoms with Crippen molar-refractivity contribution in [2.75, 3.05) is 32.5 Å². The zero-order valence-electron chi connectivity index (χ0n) is 16.4. The van der Waals surface area contributed by atoms with Gasteiger partial charge in [0.15, 0.2) is 0 Å². The number of benzene rings is 1. The molecule has 0 saturated carbocycles. The molecule has 1 aromatic rings. The van der Waals surface area contributed by atoms with E-state index in [1.54, 1.807) is 0 Å². The van der Waals surface area contributed by atoms with E-state index in [-0.39, 0.29) is 17.4 Å². The number of hydrogen-bond acceptors (Lipinski definition) is 3. The number of amides is 1. The van der Waals surface area contributed by atoms with Gasteiger partial charge in [0.05, 0.1) is 6.04 Å². The SMILES string of the molecule is CC[C@@H](C)c1ccc(NC(=O)[C@H](C)NCC(C)(C)CN(C)C)cc1. The first-order valence-corrected chi connectivity index (χ1v) is 8.93. The maximum atomic E-state index is 12.3. The van der Waals surface area contributed by atoms with E-state index in [9.17, 15) is 4.79 Å². The fourth-order valence-corrected chi connectivity index (χ4v) is 2.82. The van der Waals surface area contributed by atoms with Crippen LogP contribution in [0.15, 0.2) is 24.3 Å². The molecule has 0 aliphatic heterocycles. The van der Waals surface area contributed by atoms with Gasteiger partial charge in [-0.2, -0.15) is 0 Å². The quantitative estimate of drug-likeness (QED) is 0.724. The number of anilines is 1. The molecule has 24 heavy (non-hydrogen) atoms. The number of carbonyl (C=O) groups excluding carboxylic acids is 1.